The van der Waals surface area contributed by atoms with Crippen molar-refractivity contribution >= 4 is 11.8 Å². The first-order valence-electron chi connectivity index (χ1n) is 9.40. The maximum atomic E-state index is 13.1. The Kier molecular flexibility index (Phi) is 5.15. The van der Waals surface area contributed by atoms with E-state index >= 15 is 0 Å². The third-order valence-electron chi connectivity index (χ3n) is 5.15. The number of rotatable bonds is 4. The summed E-state index contributed by atoms with van der Waals surface area (Å²) in [7, 11) is 0. The van der Waals surface area contributed by atoms with Crippen LogP contribution in [0.3, 0.4) is 0 Å². The highest BCUT2D eigenvalue weighted by Gasteiger charge is 2.36. The Hall–Kier alpha value is -2.74. The lowest BCUT2D eigenvalue weighted by Gasteiger charge is -2.34. The van der Waals surface area contributed by atoms with Gasteiger partial charge in [-0.3, -0.25) is 14.6 Å². The number of fused-ring (bicyclic) bond motifs is 1. The summed E-state index contributed by atoms with van der Waals surface area (Å²) in [6.07, 6.45) is 7.16. The first kappa shape index (κ1) is 17.7. The molecule has 1 atom stereocenters. The molecule has 0 bridgehead atoms. The lowest BCUT2D eigenvalue weighted by molar-refractivity contribution is -0.126. The fourth-order valence-corrected chi connectivity index (χ4v) is 3.68. The fraction of sp³-hybridized carbons (Fsp3) is 0.474. The van der Waals surface area contributed by atoms with Gasteiger partial charge < -0.3 is 20.1 Å². The first-order valence-corrected chi connectivity index (χ1v) is 9.40. The van der Waals surface area contributed by atoms with E-state index in [2.05, 4.69) is 20.8 Å². The molecule has 27 heavy (non-hydrogen) atoms. The summed E-state index contributed by atoms with van der Waals surface area (Å²) in [6.45, 7) is 1.90. The van der Waals surface area contributed by atoms with E-state index in [0.29, 0.717) is 31.9 Å². The van der Waals surface area contributed by atoms with E-state index in [1.54, 1.807) is 17.3 Å². The average molecular weight is 369 g/mol. The number of nitrogens with one attached hydrogen (secondary N) is 2. The zero-order chi connectivity index (χ0) is 18.6. The van der Waals surface area contributed by atoms with Crippen LogP contribution in [0.1, 0.15) is 40.2 Å². The van der Waals surface area contributed by atoms with E-state index in [1.807, 2.05) is 12.1 Å². The second kappa shape index (κ2) is 7.87. The summed E-state index contributed by atoms with van der Waals surface area (Å²) < 4.78 is 5.39. The highest BCUT2D eigenvalue weighted by atomic mass is 16.5. The molecule has 0 spiro atoms. The summed E-state index contributed by atoms with van der Waals surface area (Å²) in [5.41, 5.74) is 2.72. The molecule has 142 valence electrons. The minimum absolute atomic E-state index is 0.187. The van der Waals surface area contributed by atoms with Crippen LogP contribution in [0, 0.1) is 0 Å². The van der Waals surface area contributed by atoms with Crippen molar-refractivity contribution in [3.8, 4) is 0 Å². The number of carbonyl (C=O) groups excluding carboxylic acids is 2. The van der Waals surface area contributed by atoms with E-state index < -0.39 is 6.04 Å². The molecule has 8 nitrogen and oxygen atoms in total. The predicted octanol–water partition coefficient (Wildman–Crippen LogP) is 0.679. The Morgan fingerprint density at radius 2 is 2.22 bits per heavy atom. The van der Waals surface area contributed by atoms with Crippen molar-refractivity contribution in [3.05, 3.63) is 47.1 Å². The third-order valence-corrected chi connectivity index (χ3v) is 5.15. The SMILES string of the molecule is O=C(NCc1cccnc1)[C@H]1CNCCN1C(=O)c1onc2c1CCCC2. The van der Waals surface area contributed by atoms with Crippen LogP contribution in [0.5, 0.6) is 0 Å². The zero-order valence-corrected chi connectivity index (χ0v) is 15.1. The van der Waals surface area contributed by atoms with Gasteiger partial charge in [0.25, 0.3) is 5.91 Å². The Morgan fingerprint density at radius 3 is 3.07 bits per heavy atom. The predicted molar refractivity (Wildman–Crippen MR) is 96.9 cm³/mol. The van der Waals surface area contributed by atoms with Crippen molar-refractivity contribution in [2.24, 2.45) is 0 Å². The number of amides is 2. The van der Waals surface area contributed by atoms with Crippen LogP contribution in [0.15, 0.2) is 29.0 Å². The molecule has 0 radical (unpaired) electrons. The zero-order valence-electron chi connectivity index (χ0n) is 15.1. The van der Waals surface area contributed by atoms with Crippen molar-refractivity contribution in [1.29, 1.82) is 0 Å². The van der Waals surface area contributed by atoms with E-state index in [9.17, 15) is 9.59 Å². The number of hydrogen-bond acceptors (Lipinski definition) is 6. The molecule has 8 heteroatoms. The van der Waals surface area contributed by atoms with Crippen molar-refractivity contribution < 1.29 is 14.1 Å². The maximum Gasteiger partial charge on any atom is 0.293 e. The first-order chi connectivity index (χ1) is 13.2. The number of nitrogens with zero attached hydrogens (tertiary/aromatic N) is 3. The van der Waals surface area contributed by atoms with Gasteiger partial charge in [0.05, 0.1) is 5.69 Å². The van der Waals surface area contributed by atoms with Gasteiger partial charge >= 0.3 is 0 Å². The summed E-state index contributed by atoms with van der Waals surface area (Å²) in [4.78, 5) is 31.5. The molecule has 2 aliphatic rings. The second-order valence-electron chi connectivity index (χ2n) is 6.94. The number of piperazine rings is 1. The third kappa shape index (κ3) is 3.71. The molecule has 0 unspecified atom stereocenters. The van der Waals surface area contributed by atoms with Crippen molar-refractivity contribution in [1.82, 2.24) is 25.7 Å². The van der Waals surface area contributed by atoms with Gasteiger partial charge in [-0.05, 0) is 37.3 Å². The molecule has 3 heterocycles. The molecule has 2 amide bonds. The molecule has 1 saturated heterocycles. The molecular formula is C19H23N5O3. The standard InChI is InChI=1S/C19H23N5O3/c25-18(22-11-13-4-3-7-20-10-13)16-12-21-8-9-24(16)19(26)17-14-5-1-2-6-15(14)23-27-17/h3-4,7,10,16,21H,1-2,5-6,8-9,11-12H2,(H,22,25)/t16-/m1/s1. The van der Waals surface area contributed by atoms with Gasteiger partial charge in [0.2, 0.25) is 11.7 Å². The maximum absolute atomic E-state index is 13.1. The average Bonchev–Trinajstić information content (AvgIpc) is 3.16. The smallest absolute Gasteiger partial charge is 0.293 e. The van der Waals surface area contributed by atoms with Crippen LogP contribution >= 0.6 is 0 Å². The van der Waals surface area contributed by atoms with E-state index in [1.165, 1.54) is 0 Å². The highest BCUT2D eigenvalue weighted by Crippen LogP contribution is 2.25. The molecule has 2 aromatic rings. The Balaban J connectivity index is 1.47. The van der Waals surface area contributed by atoms with Crippen LogP contribution in [0.4, 0.5) is 0 Å². The number of aryl methyl sites for hydroxylation is 1. The molecule has 1 aliphatic heterocycles. The van der Waals surface area contributed by atoms with Crippen LogP contribution in [0.25, 0.3) is 0 Å². The van der Waals surface area contributed by atoms with Crippen LogP contribution in [0.2, 0.25) is 0 Å². The lowest BCUT2D eigenvalue weighted by atomic mass is 9.95. The molecule has 2 aromatic heterocycles. The largest absolute Gasteiger partial charge is 0.350 e. The summed E-state index contributed by atoms with van der Waals surface area (Å²) >= 11 is 0. The van der Waals surface area contributed by atoms with Gasteiger partial charge in [0, 0.05) is 44.1 Å². The van der Waals surface area contributed by atoms with Gasteiger partial charge in [-0.15, -0.1) is 0 Å². The molecular weight excluding hydrogens is 346 g/mol. The minimum Gasteiger partial charge on any atom is -0.350 e. The van der Waals surface area contributed by atoms with Crippen molar-refractivity contribution in [3.63, 3.8) is 0 Å². The van der Waals surface area contributed by atoms with E-state index in [0.717, 1.165) is 42.5 Å². The molecule has 2 N–H and O–H groups in total. The van der Waals surface area contributed by atoms with Gasteiger partial charge in [0.1, 0.15) is 6.04 Å². The Bertz CT molecular complexity index is 820. The number of aromatic nitrogens is 2. The van der Waals surface area contributed by atoms with Crippen LogP contribution in [-0.4, -0.2) is 52.5 Å². The number of pyridine rings is 1. The van der Waals surface area contributed by atoms with Gasteiger partial charge in [0.15, 0.2) is 0 Å². The van der Waals surface area contributed by atoms with Crippen molar-refractivity contribution in [2.75, 3.05) is 19.6 Å². The van der Waals surface area contributed by atoms with Gasteiger partial charge in [-0.1, -0.05) is 11.2 Å². The van der Waals surface area contributed by atoms with Crippen LogP contribution < -0.4 is 10.6 Å². The monoisotopic (exact) mass is 369 g/mol. The summed E-state index contributed by atoms with van der Waals surface area (Å²) in [5.74, 6) is -0.127. The van der Waals surface area contributed by atoms with Gasteiger partial charge in [-0.2, -0.15) is 0 Å². The normalized spacial score (nSPS) is 19.4. The quantitative estimate of drug-likeness (QED) is 0.822. The number of carbonyl (C=O) groups is 2. The van der Waals surface area contributed by atoms with E-state index in [4.69, 9.17) is 4.52 Å². The van der Waals surface area contributed by atoms with Gasteiger partial charge in [-0.25, -0.2) is 0 Å². The molecule has 1 fully saturated rings. The summed E-state index contributed by atoms with van der Waals surface area (Å²) in [5, 5.41) is 10.2. The Labute approximate surface area is 157 Å². The fourth-order valence-electron chi connectivity index (χ4n) is 3.68. The molecule has 0 aromatic carbocycles. The molecule has 1 aliphatic carbocycles. The highest BCUT2D eigenvalue weighted by molar-refractivity contribution is 5.97. The molecule has 4 rings (SSSR count). The molecule has 0 saturated carbocycles. The van der Waals surface area contributed by atoms with Crippen molar-refractivity contribution in [2.45, 2.75) is 38.3 Å². The Morgan fingerprint density at radius 1 is 1.33 bits per heavy atom. The topological polar surface area (TPSA) is 100 Å². The summed E-state index contributed by atoms with van der Waals surface area (Å²) in [6, 6.07) is 3.15. The minimum atomic E-state index is -0.577. The number of hydrogen-bond donors (Lipinski definition) is 2. The van der Waals surface area contributed by atoms with Crippen LogP contribution in [-0.2, 0) is 24.2 Å². The lowest BCUT2D eigenvalue weighted by Crippen LogP contribution is -2.59. The second-order valence-corrected chi connectivity index (χ2v) is 6.94. The van der Waals surface area contributed by atoms with E-state index in [-0.39, 0.29) is 11.8 Å².